The van der Waals surface area contributed by atoms with Crippen molar-refractivity contribution in [2.75, 3.05) is 19.7 Å². The lowest BCUT2D eigenvalue weighted by Crippen LogP contribution is -2.41. The number of imide groups is 1. The van der Waals surface area contributed by atoms with Crippen LogP contribution in [0.15, 0.2) is 28.7 Å². The lowest BCUT2D eigenvalue weighted by atomic mass is 10.3. The summed E-state index contributed by atoms with van der Waals surface area (Å²) >= 11 is 3.34. The van der Waals surface area contributed by atoms with E-state index in [9.17, 15) is 14.4 Å². The molecule has 0 unspecified atom stereocenters. The van der Waals surface area contributed by atoms with E-state index in [1.54, 1.807) is 0 Å². The molecule has 1 aromatic carbocycles. The van der Waals surface area contributed by atoms with E-state index in [0.29, 0.717) is 26.1 Å². The van der Waals surface area contributed by atoms with Crippen LogP contribution in [-0.2, 0) is 14.3 Å². The van der Waals surface area contributed by atoms with Gasteiger partial charge in [0.1, 0.15) is 5.75 Å². The minimum absolute atomic E-state index is 0.139. The molecule has 1 aromatic rings. The van der Waals surface area contributed by atoms with Gasteiger partial charge < -0.3 is 14.8 Å². The first-order valence-corrected chi connectivity index (χ1v) is 8.43. The number of amides is 3. The van der Waals surface area contributed by atoms with Crippen LogP contribution in [0.5, 0.6) is 5.75 Å². The van der Waals surface area contributed by atoms with Crippen LogP contribution in [0.2, 0.25) is 0 Å². The molecule has 8 heteroatoms. The summed E-state index contributed by atoms with van der Waals surface area (Å²) in [6, 6.07) is 6.93. The van der Waals surface area contributed by atoms with Crippen molar-refractivity contribution < 1.29 is 23.9 Å². The van der Waals surface area contributed by atoms with E-state index in [0.717, 1.165) is 15.1 Å². The van der Waals surface area contributed by atoms with Gasteiger partial charge in [0.2, 0.25) is 0 Å². The Labute approximate surface area is 148 Å². The summed E-state index contributed by atoms with van der Waals surface area (Å²) in [5.41, 5.74) is 0. The summed E-state index contributed by atoms with van der Waals surface area (Å²) in [5, 5.41) is 2.53. The third-order valence-corrected chi connectivity index (χ3v) is 3.92. The molecule has 1 saturated heterocycles. The van der Waals surface area contributed by atoms with Gasteiger partial charge in [-0.05, 0) is 37.6 Å². The second-order valence-corrected chi connectivity index (χ2v) is 6.18. The summed E-state index contributed by atoms with van der Waals surface area (Å²) in [4.78, 5) is 36.2. The molecule has 1 aliphatic rings. The molecule has 2 rings (SSSR count). The number of nitrogens with zero attached hydrogens (tertiary/aromatic N) is 1. The maximum atomic E-state index is 12.0. The van der Waals surface area contributed by atoms with Crippen LogP contribution in [-0.4, -0.2) is 48.6 Å². The van der Waals surface area contributed by atoms with Crippen LogP contribution in [0.3, 0.4) is 0 Å². The Hall–Kier alpha value is -2.09. The molecule has 7 nitrogen and oxygen atoms in total. The number of rotatable bonds is 7. The fourth-order valence-electron chi connectivity index (χ4n) is 2.15. The van der Waals surface area contributed by atoms with Crippen molar-refractivity contribution in [3.8, 4) is 5.75 Å². The van der Waals surface area contributed by atoms with Crippen LogP contribution in [0.4, 0.5) is 4.79 Å². The summed E-state index contributed by atoms with van der Waals surface area (Å²) in [5.74, 6) is -0.283. The van der Waals surface area contributed by atoms with Gasteiger partial charge in [-0.25, -0.2) is 4.79 Å². The number of carbonyl (C=O) groups is 3. The van der Waals surface area contributed by atoms with Crippen LogP contribution < -0.4 is 10.1 Å². The Morgan fingerprint density at radius 2 is 2.04 bits per heavy atom. The lowest BCUT2D eigenvalue weighted by Gasteiger charge is -2.18. The number of urea groups is 1. The second-order valence-electron chi connectivity index (χ2n) is 5.26. The quantitative estimate of drug-likeness (QED) is 0.561. The predicted octanol–water partition coefficient (Wildman–Crippen LogP) is 2.09. The number of esters is 1. The standard InChI is InChI=1S/C16H19BrN2O5/c1-11(15(21)19-9-8-18-16(19)22)24-14(20)3-2-10-23-13-6-4-12(17)5-7-13/h4-7,11H,2-3,8-10H2,1H3,(H,18,22)/t11-/m0/s1. The van der Waals surface area contributed by atoms with Crippen molar-refractivity contribution in [2.24, 2.45) is 0 Å². The molecule has 24 heavy (non-hydrogen) atoms. The third kappa shape index (κ3) is 5.23. The lowest BCUT2D eigenvalue weighted by molar-refractivity contribution is -0.157. The van der Waals surface area contributed by atoms with E-state index in [-0.39, 0.29) is 6.42 Å². The fourth-order valence-corrected chi connectivity index (χ4v) is 2.41. The number of benzene rings is 1. The van der Waals surface area contributed by atoms with Gasteiger partial charge in [-0.2, -0.15) is 0 Å². The maximum absolute atomic E-state index is 12.0. The van der Waals surface area contributed by atoms with Crippen LogP contribution in [0.1, 0.15) is 19.8 Å². The van der Waals surface area contributed by atoms with Crippen molar-refractivity contribution in [2.45, 2.75) is 25.9 Å². The minimum Gasteiger partial charge on any atom is -0.494 e. The van der Waals surface area contributed by atoms with Gasteiger partial charge in [0.25, 0.3) is 5.91 Å². The van der Waals surface area contributed by atoms with Gasteiger partial charge >= 0.3 is 12.0 Å². The Morgan fingerprint density at radius 3 is 2.67 bits per heavy atom. The summed E-state index contributed by atoms with van der Waals surface area (Å²) in [7, 11) is 0. The first-order chi connectivity index (χ1) is 11.5. The molecule has 1 N–H and O–H groups in total. The Morgan fingerprint density at radius 1 is 1.33 bits per heavy atom. The van der Waals surface area contributed by atoms with Gasteiger partial charge in [0, 0.05) is 24.0 Å². The molecule has 1 heterocycles. The van der Waals surface area contributed by atoms with Gasteiger partial charge in [0.05, 0.1) is 6.61 Å². The Bertz CT molecular complexity index is 605. The molecule has 130 valence electrons. The van der Waals surface area contributed by atoms with E-state index in [1.165, 1.54) is 6.92 Å². The zero-order valence-corrected chi connectivity index (χ0v) is 14.9. The smallest absolute Gasteiger partial charge is 0.324 e. The second kappa shape index (κ2) is 8.68. The number of hydrogen-bond acceptors (Lipinski definition) is 5. The van der Waals surface area contributed by atoms with E-state index in [4.69, 9.17) is 9.47 Å². The average molecular weight is 399 g/mol. The molecular weight excluding hydrogens is 380 g/mol. The molecule has 0 bridgehead atoms. The molecular formula is C16H19BrN2O5. The largest absolute Gasteiger partial charge is 0.494 e. The van der Waals surface area contributed by atoms with E-state index in [2.05, 4.69) is 21.2 Å². The molecule has 1 aliphatic heterocycles. The average Bonchev–Trinajstić information content (AvgIpc) is 2.98. The van der Waals surface area contributed by atoms with Crippen LogP contribution in [0, 0.1) is 0 Å². The molecule has 1 atom stereocenters. The summed E-state index contributed by atoms with van der Waals surface area (Å²) < 4.78 is 11.5. The van der Waals surface area contributed by atoms with E-state index in [1.807, 2.05) is 24.3 Å². The maximum Gasteiger partial charge on any atom is 0.324 e. The number of halogens is 1. The van der Waals surface area contributed by atoms with Crippen molar-refractivity contribution in [3.05, 3.63) is 28.7 Å². The number of hydrogen-bond donors (Lipinski definition) is 1. The number of ether oxygens (including phenoxy) is 2. The van der Waals surface area contributed by atoms with Gasteiger partial charge in [-0.1, -0.05) is 15.9 Å². The normalized spacial score (nSPS) is 14.9. The SMILES string of the molecule is C[C@H](OC(=O)CCCOc1ccc(Br)cc1)C(=O)N1CCNC1=O. The van der Waals surface area contributed by atoms with Crippen LogP contribution in [0.25, 0.3) is 0 Å². The molecule has 0 spiro atoms. The zero-order chi connectivity index (χ0) is 17.5. The highest BCUT2D eigenvalue weighted by atomic mass is 79.9. The first kappa shape index (κ1) is 18.3. The topological polar surface area (TPSA) is 84.9 Å². The highest BCUT2D eigenvalue weighted by Gasteiger charge is 2.31. The molecule has 0 aromatic heterocycles. The molecule has 0 radical (unpaired) electrons. The van der Waals surface area contributed by atoms with Crippen LogP contribution >= 0.6 is 15.9 Å². The highest BCUT2D eigenvalue weighted by molar-refractivity contribution is 9.10. The Balaban J connectivity index is 1.66. The van der Waals surface area contributed by atoms with Gasteiger partial charge in [-0.15, -0.1) is 0 Å². The molecule has 0 aliphatic carbocycles. The predicted molar refractivity (Wildman–Crippen MR) is 89.5 cm³/mol. The van der Waals surface area contributed by atoms with E-state index < -0.39 is 24.0 Å². The van der Waals surface area contributed by atoms with Gasteiger partial charge in [-0.3, -0.25) is 14.5 Å². The monoisotopic (exact) mass is 398 g/mol. The summed E-state index contributed by atoms with van der Waals surface area (Å²) in [6.07, 6.45) is -0.367. The number of nitrogens with one attached hydrogen (secondary N) is 1. The van der Waals surface area contributed by atoms with E-state index >= 15 is 0 Å². The number of carbonyl (C=O) groups excluding carboxylic acids is 3. The van der Waals surface area contributed by atoms with Gasteiger partial charge in [0.15, 0.2) is 6.10 Å². The van der Waals surface area contributed by atoms with Crippen molar-refractivity contribution in [3.63, 3.8) is 0 Å². The minimum atomic E-state index is -0.978. The zero-order valence-electron chi connectivity index (χ0n) is 13.3. The van der Waals surface area contributed by atoms with Crippen molar-refractivity contribution >= 4 is 33.8 Å². The molecule has 1 fully saturated rings. The van der Waals surface area contributed by atoms with Crippen molar-refractivity contribution in [1.29, 1.82) is 0 Å². The Kier molecular flexibility index (Phi) is 6.60. The summed E-state index contributed by atoms with van der Waals surface area (Å²) in [6.45, 7) is 2.54. The van der Waals surface area contributed by atoms with Crippen molar-refractivity contribution in [1.82, 2.24) is 10.2 Å². The highest BCUT2D eigenvalue weighted by Crippen LogP contribution is 2.16. The third-order valence-electron chi connectivity index (χ3n) is 3.39. The molecule has 3 amide bonds. The first-order valence-electron chi connectivity index (χ1n) is 7.64. The fraction of sp³-hybridized carbons (Fsp3) is 0.438. The molecule has 0 saturated carbocycles.